The van der Waals surface area contributed by atoms with E-state index in [0.717, 1.165) is 20.2 Å². The van der Waals surface area contributed by atoms with Crippen molar-refractivity contribution in [1.29, 1.82) is 0 Å². The highest BCUT2D eigenvalue weighted by molar-refractivity contribution is 9.10. The zero-order valence-corrected chi connectivity index (χ0v) is 15.7. The molecular formula is C14H16Br2ClN3O. The molecule has 0 saturated heterocycles. The minimum absolute atomic E-state index is 0.0562. The van der Waals surface area contributed by atoms with Gasteiger partial charge < -0.3 is 10.1 Å². The summed E-state index contributed by atoms with van der Waals surface area (Å²) in [5.74, 6) is 0. The van der Waals surface area contributed by atoms with Crippen LogP contribution in [0.4, 0.5) is 0 Å². The van der Waals surface area contributed by atoms with Crippen molar-refractivity contribution in [3.63, 3.8) is 0 Å². The predicted molar refractivity (Wildman–Crippen MR) is 91.9 cm³/mol. The van der Waals surface area contributed by atoms with Crippen LogP contribution < -0.4 is 5.32 Å². The monoisotopic (exact) mass is 435 g/mol. The average Bonchev–Trinajstić information content (AvgIpc) is 2.81. The van der Waals surface area contributed by atoms with Crippen LogP contribution in [-0.2, 0) is 11.3 Å². The maximum Gasteiger partial charge on any atom is 0.0771 e. The van der Waals surface area contributed by atoms with Crippen molar-refractivity contribution < 1.29 is 4.74 Å². The molecule has 0 spiro atoms. The minimum atomic E-state index is -0.0562. The van der Waals surface area contributed by atoms with Gasteiger partial charge in [0.15, 0.2) is 0 Å². The first-order chi connectivity index (χ1) is 10.1. The van der Waals surface area contributed by atoms with Crippen LogP contribution in [0.3, 0.4) is 0 Å². The molecule has 21 heavy (non-hydrogen) atoms. The highest BCUT2D eigenvalue weighted by Gasteiger charge is 2.22. The summed E-state index contributed by atoms with van der Waals surface area (Å²) in [5, 5.41) is 8.40. The molecule has 0 aliphatic heterocycles. The Morgan fingerprint density at radius 2 is 2.19 bits per heavy atom. The SMILES string of the molecule is CNC(c1ccc(Br)cc1Cl)c1c(Br)cnn1CCOC. The van der Waals surface area contributed by atoms with E-state index in [2.05, 4.69) is 42.3 Å². The average molecular weight is 438 g/mol. The van der Waals surface area contributed by atoms with Crippen LogP contribution in [-0.4, -0.2) is 30.5 Å². The van der Waals surface area contributed by atoms with Gasteiger partial charge >= 0.3 is 0 Å². The van der Waals surface area contributed by atoms with Crippen molar-refractivity contribution in [2.24, 2.45) is 0 Å². The summed E-state index contributed by atoms with van der Waals surface area (Å²) < 4.78 is 8.96. The summed E-state index contributed by atoms with van der Waals surface area (Å²) in [4.78, 5) is 0. The third-order valence-electron chi connectivity index (χ3n) is 3.18. The second-order valence-corrected chi connectivity index (χ2v) is 6.66. The third kappa shape index (κ3) is 3.87. The molecule has 0 aliphatic carbocycles. The number of rotatable bonds is 6. The van der Waals surface area contributed by atoms with Gasteiger partial charge in [-0.1, -0.05) is 33.6 Å². The smallest absolute Gasteiger partial charge is 0.0771 e. The topological polar surface area (TPSA) is 39.1 Å². The molecule has 4 nitrogen and oxygen atoms in total. The van der Waals surface area contributed by atoms with Crippen molar-refractivity contribution in [1.82, 2.24) is 15.1 Å². The Kier molecular flexibility index (Phi) is 6.25. The highest BCUT2D eigenvalue weighted by atomic mass is 79.9. The second kappa shape index (κ2) is 7.74. The number of hydrogen-bond acceptors (Lipinski definition) is 3. The minimum Gasteiger partial charge on any atom is -0.383 e. The molecule has 1 aromatic carbocycles. The summed E-state index contributed by atoms with van der Waals surface area (Å²) in [7, 11) is 3.59. The van der Waals surface area contributed by atoms with Gasteiger partial charge in [0.05, 0.1) is 35.6 Å². The van der Waals surface area contributed by atoms with Crippen LogP contribution in [0.15, 0.2) is 33.3 Å². The van der Waals surface area contributed by atoms with E-state index >= 15 is 0 Å². The summed E-state index contributed by atoms with van der Waals surface area (Å²) >= 11 is 13.4. The molecule has 0 amide bonds. The fraction of sp³-hybridized carbons (Fsp3) is 0.357. The van der Waals surface area contributed by atoms with E-state index < -0.39 is 0 Å². The number of nitrogens with zero attached hydrogens (tertiary/aromatic N) is 2. The Balaban J connectivity index is 2.43. The Bertz CT molecular complexity index is 618. The maximum atomic E-state index is 6.39. The fourth-order valence-corrected chi connectivity index (χ4v) is 3.50. The number of halogens is 3. The van der Waals surface area contributed by atoms with Crippen LogP contribution >= 0.6 is 43.5 Å². The van der Waals surface area contributed by atoms with Gasteiger partial charge in [-0.2, -0.15) is 5.10 Å². The Hall–Kier alpha value is -0.400. The lowest BCUT2D eigenvalue weighted by Gasteiger charge is -2.20. The number of aromatic nitrogens is 2. The van der Waals surface area contributed by atoms with E-state index in [-0.39, 0.29) is 6.04 Å². The highest BCUT2D eigenvalue weighted by Crippen LogP contribution is 2.33. The van der Waals surface area contributed by atoms with Gasteiger partial charge in [0.1, 0.15) is 0 Å². The molecule has 0 radical (unpaired) electrons. The van der Waals surface area contributed by atoms with Gasteiger partial charge in [-0.15, -0.1) is 0 Å². The zero-order valence-electron chi connectivity index (χ0n) is 11.7. The van der Waals surface area contributed by atoms with Crippen LogP contribution in [0, 0.1) is 0 Å². The summed E-state index contributed by atoms with van der Waals surface area (Å²) in [6.07, 6.45) is 1.79. The standard InChI is InChI=1S/C14H16Br2ClN3O/c1-18-13(10-4-3-9(15)7-12(10)17)14-11(16)8-19-20(14)5-6-21-2/h3-4,7-8,13,18H,5-6H2,1-2H3. The molecule has 1 aromatic heterocycles. The van der Waals surface area contributed by atoms with E-state index in [9.17, 15) is 0 Å². The van der Waals surface area contributed by atoms with Crippen molar-refractivity contribution in [2.45, 2.75) is 12.6 Å². The van der Waals surface area contributed by atoms with Gasteiger partial charge in [0.25, 0.3) is 0 Å². The van der Waals surface area contributed by atoms with E-state index in [1.807, 2.05) is 29.9 Å². The molecule has 7 heteroatoms. The van der Waals surface area contributed by atoms with Crippen molar-refractivity contribution >= 4 is 43.5 Å². The van der Waals surface area contributed by atoms with Gasteiger partial charge in [0.2, 0.25) is 0 Å². The molecule has 114 valence electrons. The Morgan fingerprint density at radius 1 is 1.43 bits per heavy atom. The zero-order chi connectivity index (χ0) is 15.4. The number of benzene rings is 1. The first kappa shape index (κ1) is 17.0. The van der Waals surface area contributed by atoms with E-state index in [1.165, 1.54) is 0 Å². The van der Waals surface area contributed by atoms with Crippen LogP contribution in [0.2, 0.25) is 5.02 Å². The lowest BCUT2D eigenvalue weighted by molar-refractivity contribution is 0.182. The lowest BCUT2D eigenvalue weighted by Crippen LogP contribution is -2.23. The van der Waals surface area contributed by atoms with Crippen molar-refractivity contribution in [3.8, 4) is 0 Å². The van der Waals surface area contributed by atoms with E-state index in [0.29, 0.717) is 18.2 Å². The molecule has 1 N–H and O–H groups in total. The largest absolute Gasteiger partial charge is 0.383 e. The van der Waals surface area contributed by atoms with E-state index in [4.69, 9.17) is 16.3 Å². The molecule has 0 bridgehead atoms. The maximum absolute atomic E-state index is 6.39. The number of nitrogens with one attached hydrogen (secondary N) is 1. The van der Waals surface area contributed by atoms with Gasteiger partial charge in [-0.05, 0) is 40.7 Å². The Labute approximate surface area is 146 Å². The lowest BCUT2D eigenvalue weighted by atomic mass is 10.0. The molecule has 1 heterocycles. The van der Waals surface area contributed by atoms with Crippen LogP contribution in [0.1, 0.15) is 17.3 Å². The molecule has 2 rings (SSSR count). The molecule has 0 saturated carbocycles. The second-order valence-electron chi connectivity index (χ2n) is 4.48. The Morgan fingerprint density at radius 3 is 2.81 bits per heavy atom. The third-order valence-corrected chi connectivity index (χ3v) is 4.61. The molecule has 1 atom stereocenters. The predicted octanol–water partition coefficient (Wildman–Crippen LogP) is 4.02. The summed E-state index contributed by atoms with van der Waals surface area (Å²) in [6, 6.07) is 5.83. The van der Waals surface area contributed by atoms with Gasteiger partial charge in [0, 0.05) is 16.6 Å². The van der Waals surface area contributed by atoms with E-state index in [1.54, 1.807) is 13.3 Å². The normalized spacial score (nSPS) is 12.6. The number of hydrogen-bond donors (Lipinski definition) is 1. The summed E-state index contributed by atoms with van der Waals surface area (Å²) in [6.45, 7) is 1.29. The van der Waals surface area contributed by atoms with Crippen LogP contribution in [0.25, 0.3) is 0 Å². The molecule has 0 fully saturated rings. The molecule has 0 aliphatic rings. The summed E-state index contributed by atoms with van der Waals surface area (Å²) in [5.41, 5.74) is 2.03. The van der Waals surface area contributed by atoms with Crippen LogP contribution in [0.5, 0.6) is 0 Å². The molecule has 1 unspecified atom stereocenters. The van der Waals surface area contributed by atoms with Gasteiger partial charge in [-0.25, -0.2) is 0 Å². The first-order valence-electron chi connectivity index (χ1n) is 6.40. The van der Waals surface area contributed by atoms with Crippen molar-refractivity contribution in [2.75, 3.05) is 20.8 Å². The molecular weight excluding hydrogens is 421 g/mol. The number of methoxy groups -OCH3 is 1. The molecule has 2 aromatic rings. The first-order valence-corrected chi connectivity index (χ1v) is 8.37. The fourth-order valence-electron chi connectivity index (χ4n) is 2.19. The quantitative estimate of drug-likeness (QED) is 0.742. The van der Waals surface area contributed by atoms with Crippen molar-refractivity contribution in [3.05, 3.63) is 49.6 Å². The van der Waals surface area contributed by atoms with Gasteiger partial charge in [-0.3, -0.25) is 4.68 Å². The number of ether oxygens (including phenoxy) is 1.